The maximum absolute atomic E-state index is 13.0. The summed E-state index contributed by atoms with van der Waals surface area (Å²) in [6, 6.07) is 13.1. The largest absolute Gasteiger partial charge is 0.495 e. The zero-order chi connectivity index (χ0) is 19.7. The maximum Gasteiger partial charge on any atom is 0.276 e. The second-order valence-electron chi connectivity index (χ2n) is 6.52. The Labute approximate surface area is 168 Å². The predicted octanol–water partition coefficient (Wildman–Crippen LogP) is 4.28. The number of halogens is 1. The highest BCUT2D eigenvalue weighted by molar-refractivity contribution is 6.32. The van der Waals surface area contributed by atoms with Gasteiger partial charge >= 0.3 is 0 Å². The monoisotopic (exact) mass is 397 g/mol. The second kappa shape index (κ2) is 7.56. The van der Waals surface area contributed by atoms with Gasteiger partial charge in [-0.3, -0.25) is 4.79 Å². The van der Waals surface area contributed by atoms with E-state index >= 15 is 0 Å². The first kappa shape index (κ1) is 18.4. The Kier molecular flexibility index (Phi) is 4.96. The van der Waals surface area contributed by atoms with Gasteiger partial charge in [0, 0.05) is 17.3 Å². The molecule has 3 aromatic rings. The lowest BCUT2D eigenvalue weighted by molar-refractivity contribution is 0.102. The number of amides is 1. The summed E-state index contributed by atoms with van der Waals surface area (Å²) >= 11 is 6.21. The Bertz CT molecular complexity index is 1030. The molecule has 0 unspecified atom stereocenters. The number of rotatable bonds is 5. The molecule has 1 aliphatic carbocycles. The molecule has 1 amide bonds. The highest BCUT2D eigenvalue weighted by atomic mass is 35.5. The van der Waals surface area contributed by atoms with Crippen molar-refractivity contribution in [1.29, 1.82) is 0 Å². The minimum atomic E-state index is -0.285. The van der Waals surface area contributed by atoms with E-state index in [1.54, 1.807) is 12.1 Å². The molecule has 144 valence electrons. The van der Waals surface area contributed by atoms with E-state index in [1.165, 1.54) is 14.2 Å². The van der Waals surface area contributed by atoms with Gasteiger partial charge in [-0.05, 0) is 37.5 Å². The number of nitrogens with zero attached hydrogens (tertiary/aromatic N) is 2. The Balaban J connectivity index is 1.70. The zero-order valence-electron chi connectivity index (χ0n) is 15.7. The van der Waals surface area contributed by atoms with Gasteiger partial charge in [0.25, 0.3) is 5.91 Å². The molecule has 0 atom stereocenters. The molecular weight excluding hydrogens is 378 g/mol. The molecule has 1 N–H and O–H groups in total. The quantitative estimate of drug-likeness (QED) is 0.697. The van der Waals surface area contributed by atoms with Crippen LogP contribution in [-0.4, -0.2) is 29.9 Å². The van der Waals surface area contributed by atoms with Gasteiger partial charge in [-0.2, -0.15) is 5.10 Å². The highest BCUT2D eigenvalue weighted by Crippen LogP contribution is 2.36. The molecule has 0 saturated heterocycles. The molecule has 2 aromatic carbocycles. The molecular formula is C21H20ClN3O3. The van der Waals surface area contributed by atoms with Crippen LogP contribution in [-0.2, 0) is 12.8 Å². The van der Waals surface area contributed by atoms with Crippen molar-refractivity contribution in [2.45, 2.75) is 19.3 Å². The smallest absolute Gasteiger partial charge is 0.276 e. The van der Waals surface area contributed by atoms with E-state index in [0.29, 0.717) is 27.9 Å². The first-order valence-electron chi connectivity index (χ1n) is 9.01. The summed E-state index contributed by atoms with van der Waals surface area (Å²) < 4.78 is 12.4. The van der Waals surface area contributed by atoms with Crippen molar-refractivity contribution < 1.29 is 14.3 Å². The molecule has 0 aliphatic heterocycles. The van der Waals surface area contributed by atoms with E-state index in [1.807, 2.05) is 35.0 Å². The summed E-state index contributed by atoms with van der Waals surface area (Å²) in [5, 5.41) is 7.89. The minimum Gasteiger partial charge on any atom is -0.495 e. The maximum atomic E-state index is 13.0. The third-order valence-corrected chi connectivity index (χ3v) is 5.16. The van der Waals surface area contributed by atoms with Gasteiger partial charge in [-0.15, -0.1) is 0 Å². The summed E-state index contributed by atoms with van der Waals surface area (Å²) in [5.74, 6) is 0.659. The van der Waals surface area contributed by atoms with Crippen LogP contribution in [0.15, 0.2) is 42.5 Å². The van der Waals surface area contributed by atoms with Crippen LogP contribution in [0.5, 0.6) is 11.5 Å². The SMILES string of the molecule is COc1cc(OC)c(NC(=O)c2nn(-c3ccccc3)c3c2CCC3)cc1Cl. The van der Waals surface area contributed by atoms with Crippen LogP contribution in [0.3, 0.4) is 0 Å². The number of carbonyl (C=O) groups is 1. The van der Waals surface area contributed by atoms with E-state index < -0.39 is 0 Å². The fourth-order valence-electron chi connectivity index (χ4n) is 3.54. The second-order valence-corrected chi connectivity index (χ2v) is 6.92. The topological polar surface area (TPSA) is 65.4 Å². The molecule has 6 nitrogen and oxygen atoms in total. The Hall–Kier alpha value is -2.99. The van der Waals surface area contributed by atoms with Crippen molar-refractivity contribution in [3.05, 3.63) is 64.4 Å². The fourth-order valence-corrected chi connectivity index (χ4v) is 3.78. The number of anilines is 1. The van der Waals surface area contributed by atoms with Gasteiger partial charge in [0.05, 0.1) is 30.6 Å². The van der Waals surface area contributed by atoms with Crippen molar-refractivity contribution in [3.63, 3.8) is 0 Å². The van der Waals surface area contributed by atoms with E-state index in [9.17, 15) is 4.79 Å². The molecule has 0 bridgehead atoms. The lowest BCUT2D eigenvalue weighted by atomic mass is 10.2. The Morgan fingerprint density at radius 2 is 1.86 bits per heavy atom. The molecule has 1 aliphatic rings. The number of nitrogens with one attached hydrogen (secondary N) is 1. The van der Waals surface area contributed by atoms with Crippen LogP contribution < -0.4 is 14.8 Å². The summed E-state index contributed by atoms with van der Waals surface area (Å²) in [6.07, 6.45) is 2.76. The number of carbonyl (C=O) groups excluding carboxylic acids is 1. The number of ether oxygens (including phenoxy) is 2. The highest BCUT2D eigenvalue weighted by Gasteiger charge is 2.27. The molecule has 0 saturated carbocycles. The standard InChI is InChI=1S/C21H20ClN3O3/c1-27-18-12-19(28-2)16(11-15(18)22)23-21(26)20-14-9-6-10-17(14)25(24-20)13-7-4-3-5-8-13/h3-5,7-8,11-12H,6,9-10H2,1-2H3,(H,23,26). The van der Waals surface area contributed by atoms with Gasteiger partial charge < -0.3 is 14.8 Å². The van der Waals surface area contributed by atoms with Crippen molar-refractivity contribution >= 4 is 23.2 Å². The minimum absolute atomic E-state index is 0.285. The molecule has 0 radical (unpaired) electrons. The van der Waals surface area contributed by atoms with E-state index in [0.717, 1.165) is 36.2 Å². The normalized spacial score (nSPS) is 12.5. The molecule has 28 heavy (non-hydrogen) atoms. The molecule has 1 aromatic heterocycles. The molecule has 0 spiro atoms. The van der Waals surface area contributed by atoms with Gasteiger partial charge in [0.2, 0.25) is 0 Å². The number of hydrogen-bond donors (Lipinski definition) is 1. The first-order valence-corrected chi connectivity index (χ1v) is 9.39. The van der Waals surface area contributed by atoms with Crippen molar-refractivity contribution in [2.75, 3.05) is 19.5 Å². The van der Waals surface area contributed by atoms with Gasteiger partial charge in [-0.25, -0.2) is 4.68 Å². The average molecular weight is 398 g/mol. The van der Waals surface area contributed by atoms with Gasteiger partial charge in [0.1, 0.15) is 11.5 Å². The van der Waals surface area contributed by atoms with Crippen LogP contribution in [0.1, 0.15) is 28.2 Å². The third-order valence-electron chi connectivity index (χ3n) is 4.87. The van der Waals surface area contributed by atoms with Crippen LogP contribution in [0.25, 0.3) is 5.69 Å². The number of fused-ring (bicyclic) bond motifs is 1. The third kappa shape index (κ3) is 3.20. The lowest BCUT2D eigenvalue weighted by Gasteiger charge is -2.12. The lowest BCUT2D eigenvalue weighted by Crippen LogP contribution is -2.15. The number of methoxy groups -OCH3 is 2. The summed E-state index contributed by atoms with van der Waals surface area (Å²) in [5.41, 5.74) is 3.95. The van der Waals surface area contributed by atoms with Gasteiger partial charge in [-0.1, -0.05) is 29.8 Å². The number of para-hydroxylation sites is 1. The number of aromatic nitrogens is 2. The first-order chi connectivity index (χ1) is 13.6. The predicted molar refractivity (Wildman–Crippen MR) is 108 cm³/mol. The van der Waals surface area contributed by atoms with E-state index in [-0.39, 0.29) is 5.91 Å². The van der Waals surface area contributed by atoms with Crippen LogP contribution >= 0.6 is 11.6 Å². The number of hydrogen-bond acceptors (Lipinski definition) is 4. The van der Waals surface area contributed by atoms with Crippen molar-refractivity contribution in [2.24, 2.45) is 0 Å². The van der Waals surface area contributed by atoms with Crippen molar-refractivity contribution in [1.82, 2.24) is 9.78 Å². The van der Waals surface area contributed by atoms with Gasteiger partial charge in [0.15, 0.2) is 5.69 Å². The van der Waals surface area contributed by atoms with E-state index in [2.05, 4.69) is 10.4 Å². The van der Waals surface area contributed by atoms with Crippen molar-refractivity contribution in [3.8, 4) is 17.2 Å². The molecule has 1 heterocycles. The Morgan fingerprint density at radius 3 is 2.57 bits per heavy atom. The van der Waals surface area contributed by atoms with Crippen LogP contribution in [0.2, 0.25) is 5.02 Å². The molecule has 0 fully saturated rings. The summed E-state index contributed by atoms with van der Waals surface area (Å²) in [4.78, 5) is 13.0. The fraction of sp³-hybridized carbons (Fsp3) is 0.238. The molecule has 7 heteroatoms. The summed E-state index contributed by atoms with van der Waals surface area (Å²) in [7, 11) is 3.05. The average Bonchev–Trinajstić information content (AvgIpc) is 3.31. The number of benzene rings is 2. The van der Waals surface area contributed by atoms with E-state index in [4.69, 9.17) is 21.1 Å². The zero-order valence-corrected chi connectivity index (χ0v) is 16.4. The van der Waals surface area contributed by atoms with Crippen LogP contribution in [0.4, 0.5) is 5.69 Å². The summed E-state index contributed by atoms with van der Waals surface area (Å²) in [6.45, 7) is 0. The Morgan fingerprint density at radius 1 is 1.11 bits per heavy atom. The molecule has 4 rings (SSSR count). The van der Waals surface area contributed by atoms with Crippen LogP contribution in [0, 0.1) is 0 Å².